The third-order valence-corrected chi connectivity index (χ3v) is 3.88. The van der Waals surface area contributed by atoms with Crippen LogP contribution in [0.4, 0.5) is 0 Å². The van der Waals surface area contributed by atoms with Crippen LogP contribution in [-0.2, 0) is 0 Å². The predicted molar refractivity (Wildman–Crippen MR) is 75.6 cm³/mol. The van der Waals surface area contributed by atoms with Crippen molar-refractivity contribution in [2.45, 2.75) is 25.3 Å². The highest BCUT2D eigenvalue weighted by Crippen LogP contribution is 2.22. The smallest absolute Gasteiger partial charge is 0.201 e. The normalized spacial score (nSPS) is 10.8. The number of fused-ring (bicyclic) bond motifs is 1. The van der Waals surface area contributed by atoms with Crippen molar-refractivity contribution in [3.63, 3.8) is 0 Å². The second-order valence-corrected chi connectivity index (χ2v) is 5.21. The Balaban J connectivity index is 2.71. The molecule has 94 valence electrons. The van der Waals surface area contributed by atoms with Crippen LogP contribution in [0.15, 0.2) is 34.1 Å². The van der Waals surface area contributed by atoms with E-state index in [2.05, 4.69) is 11.9 Å². The zero-order valence-electron chi connectivity index (χ0n) is 10.4. The molecule has 0 spiro atoms. The third kappa shape index (κ3) is 2.34. The second kappa shape index (κ2) is 5.40. The molecule has 1 aromatic carbocycles. The Kier molecular flexibility index (Phi) is 3.87. The van der Waals surface area contributed by atoms with Gasteiger partial charge in [0.2, 0.25) is 5.43 Å². The van der Waals surface area contributed by atoms with Crippen LogP contribution in [0.2, 0.25) is 0 Å². The highest BCUT2D eigenvalue weighted by atomic mass is 32.2. The maximum Gasteiger partial charge on any atom is 0.201 e. The van der Waals surface area contributed by atoms with Crippen molar-refractivity contribution in [3.05, 3.63) is 40.1 Å². The molecule has 0 aliphatic rings. The number of Topliss-reactive ketones (excluding diaryl/α,β-unsaturated/α-hetero) is 1. The topological polar surface area (TPSA) is 49.9 Å². The Morgan fingerprint density at radius 2 is 2.06 bits per heavy atom. The van der Waals surface area contributed by atoms with Crippen LogP contribution >= 0.6 is 11.8 Å². The number of ketones is 1. The highest BCUT2D eigenvalue weighted by molar-refractivity contribution is 7.99. The lowest BCUT2D eigenvalue weighted by atomic mass is 10.1. The van der Waals surface area contributed by atoms with Crippen molar-refractivity contribution in [1.29, 1.82) is 0 Å². The summed E-state index contributed by atoms with van der Waals surface area (Å²) in [4.78, 5) is 27.2. The van der Waals surface area contributed by atoms with Gasteiger partial charge in [-0.05, 0) is 31.2 Å². The van der Waals surface area contributed by atoms with Gasteiger partial charge in [0.1, 0.15) is 0 Å². The molecule has 1 heterocycles. The monoisotopic (exact) mass is 261 g/mol. The molecule has 0 unspecified atom stereocenters. The summed E-state index contributed by atoms with van der Waals surface area (Å²) in [7, 11) is 0. The van der Waals surface area contributed by atoms with E-state index in [0.29, 0.717) is 10.4 Å². The molecule has 0 atom stereocenters. The summed E-state index contributed by atoms with van der Waals surface area (Å²) in [6, 6.07) is 7.28. The zero-order chi connectivity index (χ0) is 13.1. The Bertz CT molecular complexity index is 646. The Hall–Kier alpha value is -1.55. The van der Waals surface area contributed by atoms with E-state index in [1.54, 1.807) is 12.1 Å². The van der Waals surface area contributed by atoms with E-state index in [-0.39, 0.29) is 16.8 Å². The predicted octanol–water partition coefficient (Wildman–Crippen LogP) is 3.23. The van der Waals surface area contributed by atoms with Crippen molar-refractivity contribution in [2.75, 3.05) is 5.75 Å². The number of aromatic amines is 1. The van der Waals surface area contributed by atoms with Crippen molar-refractivity contribution >= 4 is 28.4 Å². The van der Waals surface area contributed by atoms with Gasteiger partial charge in [-0.2, -0.15) is 0 Å². The van der Waals surface area contributed by atoms with E-state index in [1.165, 1.54) is 18.7 Å². The number of pyridine rings is 1. The lowest BCUT2D eigenvalue weighted by molar-refractivity contribution is 0.101. The molecule has 2 aromatic rings. The largest absolute Gasteiger partial charge is 0.349 e. The summed E-state index contributed by atoms with van der Waals surface area (Å²) in [6.07, 6.45) is 0.997. The summed E-state index contributed by atoms with van der Waals surface area (Å²) in [5, 5.41) is 1.26. The van der Waals surface area contributed by atoms with Gasteiger partial charge in [-0.25, -0.2) is 0 Å². The lowest BCUT2D eigenvalue weighted by Crippen LogP contribution is -2.16. The minimum atomic E-state index is -0.180. The molecule has 0 amide bonds. The number of hydrogen-bond donors (Lipinski definition) is 1. The number of para-hydroxylation sites is 1. The van der Waals surface area contributed by atoms with Crippen LogP contribution in [0.3, 0.4) is 0 Å². The van der Waals surface area contributed by atoms with E-state index in [0.717, 1.165) is 17.7 Å². The van der Waals surface area contributed by atoms with Crippen LogP contribution in [0.25, 0.3) is 10.9 Å². The first-order chi connectivity index (χ1) is 8.65. The average molecular weight is 261 g/mol. The number of thioether (sulfide) groups is 1. The van der Waals surface area contributed by atoms with Crippen molar-refractivity contribution in [3.8, 4) is 0 Å². The number of H-pyrrole nitrogens is 1. The number of aromatic nitrogens is 1. The molecule has 0 fully saturated rings. The standard InChI is InChI=1S/C14H15NO2S/c1-3-8-18-14-12(9(2)16)13(17)10-6-4-5-7-11(10)15-14/h4-7H,3,8H2,1-2H3,(H,15,17). The number of rotatable bonds is 4. The number of benzene rings is 1. The molecule has 0 bridgehead atoms. The fourth-order valence-corrected chi connectivity index (χ4v) is 2.82. The van der Waals surface area contributed by atoms with Crippen LogP contribution in [-0.4, -0.2) is 16.5 Å². The first-order valence-corrected chi connectivity index (χ1v) is 6.92. The first kappa shape index (κ1) is 12.9. The van der Waals surface area contributed by atoms with Crippen molar-refractivity contribution < 1.29 is 4.79 Å². The molecule has 4 heteroatoms. The van der Waals surface area contributed by atoms with Gasteiger partial charge < -0.3 is 4.98 Å². The Morgan fingerprint density at radius 3 is 2.72 bits per heavy atom. The van der Waals surface area contributed by atoms with Crippen molar-refractivity contribution in [1.82, 2.24) is 4.98 Å². The van der Waals surface area contributed by atoms with Gasteiger partial charge in [0.25, 0.3) is 0 Å². The van der Waals surface area contributed by atoms with Gasteiger partial charge in [-0.1, -0.05) is 19.1 Å². The van der Waals surface area contributed by atoms with E-state index < -0.39 is 0 Å². The summed E-state index contributed by atoms with van der Waals surface area (Å²) in [5.74, 6) is 0.703. The fourth-order valence-electron chi connectivity index (χ4n) is 1.84. The lowest BCUT2D eigenvalue weighted by Gasteiger charge is -2.08. The van der Waals surface area contributed by atoms with Crippen LogP contribution < -0.4 is 5.43 Å². The summed E-state index contributed by atoms with van der Waals surface area (Å²) >= 11 is 1.53. The van der Waals surface area contributed by atoms with Crippen LogP contribution in [0.1, 0.15) is 30.6 Å². The maximum absolute atomic E-state index is 12.3. The molecule has 18 heavy (non-hydrogen) atoms. The summed E-state index contributed by atoms with van der Waals surface area (Å²) in [6.45, 7) is 3.51. The molecule has 0 radical (unpaired) electrons. The molecular formula is C14H15NO2S. The SMILES string of the molecule is CCCSc1[nH]c2ccccc2c(=O)c1C(C)=O. The van der Waals surface area contributed by atoms with E-state index in [4.69, 9.17) is 0 Å². The number of carbonyl (C=O) groups excluding carboxylic acids is 1. The van der Waals surface area contributed by atoms with Gasteiger partial charge in [0.15, 0.2) is 5.78 Å². The van der Waals surface area contributed by atoms with Gasteiger partial charge in [-0.3, -0.25) is 9.59 Å². The number of hydrogen-bond acceptors (Lipinski definition) is 3. The minimum Gasteiger partial charge on any atom is -0.349 e. The molecule has 0 aliphatic carbocycles. The van der Waals surface area contributed by atoms with Gasteiger partial charge in [0.05, 0.1) is 16.1 Å². The fraction of sp³-hybridized carbons (Fsp3) is 0.286. The highest BCUT2D eigenvalue weighted by Gasteiger charge is 2.15. The zero-order valence-corrected chi connectivity index (χ0v) is 11.3. The molecular weight excluding hydrogens is 246 g/mol. The molecule has 2 rings (SSSR count). The molecule has 0 aliphatic heterocycles. The van der Waals surface area contributed by atoms with Gasteiger partial charge >= 0.3 is 0 Å². The molecule has 3 nitrogen and oxygen atoms in total. The Morgan fingerprint density at radius 1 is 1.33 bits per heavy atom. The number of carbonyl (C=O) groups is 1. The Labute approximate surface area is 110 Å². The van der Waals surface area contributed by atoms with Crippen molar-refractivity contribution in [2.24, 2.45) is 0 Å². The first-order valence-electron chi connectivity index (χ1n) is 5.94. The summed E-state index contributed by atoms with van der Waals surface area (Å²) in [5.41, 5.74) is 0.897. The number of nitrogens with one attached hydrogen (secondary N) is 1. The summed E-state index contributed by atoms with van der Waals surface area (Å²) < 4.78 is 0. The molecule has 0 saturated heterocycles. The van der Waals surface area contributed by atoms with Gasteiger partial charge in [-0.15, -0.1) is 11.8 Å². The second-order valence-electron chi connectivity index (χ2n) is 4.11. The minimum absolute atomic E-state index is 0.171. The third-order valence-electron chi connectivity index (χ3n) is 2.68. The maximum atomic E-state index is 12.3. The molecule has 1 aromatic heterocycles. The quantitative estimate of drug-likeness (QED) is 0.679. The van der Waals surface area contributed by atoms with Crippen LogP contribution in [0, 0.1) is 0 Å². The van der Waals surface area contributed by atoms with E-state index in [1.807, 2.05) is 12.1 Å². The van der Waals surface area contributed by atoms with Gasteiger partial charge in [0, 0.05) is 5.39 Å². The van der Waals surface area contributed by atoms with E-state index in [9.17, 15) is 9.59 Å². The average Bonchev–Trinajstić information content (AvgIpc) is 2.36. The molecule has 1 N–H and O–H groups in total. The molecule has 0 saturated carbocycles. The van der Waals surface area contributed by atoms with Crippen LogP contribution in [0.5, 0.6) is 0 Å². The van der Waals surface area contributed by atoms with E-state index >= 15 is 0 Å².